The molecular formula is C32H36Cl2N4O4. The molecule has 8 nitrogen and oxygen atoms in total. The zero-order chi connectivity index (χ0) is 29.6. The second-order valence-electron chi connectivity index (χ2n) is 10.2. The van der Waals surface area contributed by atoms with E-state index in [0.717, 1.165) is 11.1 Å². The minimum absolute atomic E-state index is 0.0935. The quantitative estimate of drug-likeness (QED) is 0.318. The van der Waals surface area contributed by atoms with Gasteiger partial charge in [0.2, 0.25) is 0 Å². The summed E-state index contributed by atoms with van der Waals surface area (Å²) in [7, 11) is 0. The van der Waals surface area contributed by atoms with Gasteiger partial charge in [-0.3, -0.25) is 14.8 Å². The number of hydrogen-bond acceptors (Lipinski definition) is 6. The van der Waals surface area contributed by atoms with E-state index in [1.807, 2.05) is 90.4 Å². The smallest absolute Gasteiger partial charge is 0.326 e. The first-order valence-electron chi connectivity index (χ1n) is 14.3. The number of aliphatic hydroxyl groups excluding tert-OH is 1. The molecule has 1 fully saturated rings. The van der Waals surface area contributed by atoms with Gasteiger partial charge in [0, 0.05) is 48.8 Å². The van der Waals surface area contributed by atoms with Crippen LogP contribution in [0.3, 0.4) is 0 Å². The van der Waals surface area contributed by atoms with Gasteiger partial charge in [-0.25, -0.2) is 4.79 Å². The molecule has 3 aromatic carbocycles. The monoisotopic (exact) mass is 610 g/mol. The Morgan fingerprint density at radius 2 is 1.50 bits per heavy atom. The number of urea groups is 1. The number of β-amino-alcohol motifs (C(OH)–C–C–N with tert-alkyl or cyclic N) is 1. The van der Waals surface area contributed by atoms with Crippen molar-refractivity contribution < 1.29 is 19.4 Å². The Hall–Kier alpha value is -3.30. The molecule has 0 radical (unpaired) electrons. The predicted octanol–water partition coefficient (Wildman–Crippen LogP) is 6.07. The summed E-state index contributed by atoms with van der Waals surface area (Å²) in [5.41, 5.74) is 2.56. The minimum Gasteiger partial charge on any atom is -0.494 e. The lowest BCUT2D eigenvalue weighted by molar-refractivity contribution is 0.108. The molecule has 222 valence electrons. The van der Waals surface area contributed by atoms with Crippen LogP contribution in [-0.4, -0.2) is 84.2 Å². The number of rotatable bonds is 9. The van der Waals surface area contributed by atoms with Gasteiger partial charge >= 0.3 is 6.03 Å². The van der Waals surface area contributed by atoms with Crippen molar-refractivity contribution in [2.24, 2.45) is 4.99 Å². The highest BCUT2D eigenvalue weighted by Gasteiger charge is 2.45. The molecule has 2 heterocycles. The van der Waals surface area contributed by atoms with Gasteiger partial charge in [0.05, 0.1) is 31.4 Å². The van der Waals surface area contributed by atoms with Crippen molar-refractivity contribution in [1.82, 2.24) is 14.7 Å². The van der Waals surface area contributed by atoms with E-state index >= 15 is 0 Å². The first-order valence-corrected chi connectivity index (χ1v) is 15.1. The molecule has 2 unspecified atom stereocenters. The minimum atomic E-state index is -0.442. The molecule has 2 aliphatic heterocycles. The maximum atomic E-state index is 14.6. The van der Waals surface area contributed by atoms with Gasteiger partial charge in [-0.1, -0.05) is 47.5 Å². The fourth-order valence-corrected chi connectivity index (χ4v) is 5.78. The van der Waals surface area contributed by atoms with Gasteiger partial charge in [-0.05, 0) is 61.4 Å². The van der Waals surface area contributed by atoms with E-state index in [9.17, 15) is 9.90 Å². The average Bonchev–Trinajstić information content (AvgIpc) is 3.39. The van der Waals surface area contributed by atoms with Crippen LogP contribution in [0.2, 0.25) is 10.0 Å². The summed E-state index contributed by atoms with van der Waals surface area (Å²) in [5.74, 6) is 1.81. The fourth-order valence-electron chi connectivity index (χ4n) is 5.53. The normalized spacial score (nSPS) is 19.1. The van der Waals surface area contributed by atoms with Gasteiger partial charge in [0.15, 0.2) is 0 Å². The topological polar surface area (TPSA) is 77.8 Å². The molecule has 1 saturated heterocycles. The van der Waals surface area contributed by atoms with Crippen LogP contribution in [0.5, 0.6) is 11.5 Å². The van der Waals surface area contributed by atoms with Crippen LogP contribution in [0.15, 0.2) is 71.7 Å². The number of aliphatic hydroxyl groups is 1. The Labute approximate surface area is 257 Å². The number of piperazine rings is 1. The Balaban J connectivity index is 1.64. The average molecular weight is 612 g/mol. The molecule has 1 N–H and O–H groups in total. The highest BCUT2D eigenvalue weighted by atomic mass is 35.5. The molecule has 2 amide bonds. The lowest BCUT2D eigenvalue weighted by atomic mass is 9.93. The van der Waals surface area contributed by atoms with Crippen LogP contribution in [0.1, 0.15) is 42.6 Å². The van der Waals surface area contributed by atoms with E-state index in [-0.39, 0.29) is 12.6 Å². The van der Waals surface area contributed by atoms with Crippen LogP contribution >= 0.6 is 23.2 Å². The molecule has 3 aromatic rings. The van der Waals surface area contributed by atoms with Gasteiger partial charge in [0.25, 0.3) is 0 Å². The van der Waals surface area contributed by atoms with Gasteiger partial charge in [-0.15, -0.1) is 0 Å². The molecule has 5 rings (SSSR count). The van der Waals surface area contributed by atoms with Crippen LogP contribution in [-0.2, 0) is 0 Å². The summed E-state index contributed by atoms with van der Waals surface area (Å²) >= 11 is 12.5. The SMILES string of the molecule is CCOc1ccc(C2=NC(c3ccc(Cl)cc3)C(c3ccc(Cl)cc3)N2C(=O)N2CCN(CCO)CC2)c(OCC)c1. The van der Waals surface area contributed by atoms with E-state index in [2.05, 4.69) is 4.90 Å². The second kappa shape index (κ2) is 13.8. The molecule has 0 saturated carbocycles. The third-order valence-corrected chi connectivity index (χ3v) is 8.06. The Morgan fingerprint density at radius 3 is 2.10 bits per heavy atom. The summed E-state index contributed by atoms with van der Waals surface area (Å²) in [4.78, 5) is 25.6. The van der Waals surface area contributed by atoms with Crippen LogP contribution in [0.25, 0.3) is 0 Å². The molecule has 2 aliphatic rings. The summed E-state index contributed by atoms with van der Waals surface area (Å²) in [6.07, 6.45) is 0. The second-order valence-corrected chi connectivity index (χ2v) is 11.0. The predicted molar refractivity (Wildman–Crippen MR) is 166 cm³/mol. The van der Waals surface area contributed by atoms with Crippen LogP contribution in [0.4, 0.5) is 4.79 Å². The number of benzene rings is 3. The van der Waals surface area contributed by atoms with E-state index in [1.165, 1.54) is 0 Å². The third-order valence-electron chi connectivity index (χ3n) is 7.56. The van der Waals surface area contributed by atoms with Crippen molar-refractivity contribution in [3.8, 4) is 11.5 Å². The Morgan fingerprint density at radius 1 is 0.881 bits per heavy atom. The number of ether oxygens (including phenoxy) is 2. The van der Waals surface area contributed by atoms with Crippen molar-refractivity contribution in [3.05, 3.63) is 93.5 Å². The lowest BCUT2D eigenvalue weighted by Crippen LogP contribution is -2.54. The number of carbonyl (C=O) groups excluding carboxylic acids is 1. The van der Waals surface area contributed by atoms with Crippen molar-refractivity contribution in [2.75, 3.05) is 52.5 Å². The van der Waals surface area contributed by atoms with E-state index in [0.29, 0.717) is 78.9 Å². The number of amides is 2. The fraction of sp³-hybridized carbons (Fsp3) is 0.375. The third kappa shape index (κ3) is 6.52. The number of aliphatic imine (C=N–C) groups is 1. The highest BCUT2D eigenvalue weighted by Crippen LogP contribution is 2.45. The number of amidine groups is 1. The molecular weight excluding hydrogens is 575 g/mol. The summed E-state index contributed by atoms with van der Waals surface area (Å²) < 4.78 is 11.8. The van der Waals surface area contributed by atoms with E-state index in [4.69, 9.17) is 37.7 Å². The zero-order valence-electron chi connectivity index (χ0n) is 23.9. The molecule has 42 heavy (non-hydrogen) atoms. The van der Waals surface area contributed by atoms with Crippen molar-refractivity contribution in [1.29, 1.82) is 0 Å². The molecule has 0 spiro atoms. The maximum Gasteiger partial charge on any atom is 0.326 e. The van der Waals surface area contributed by atoms with Gasteiger partial charge < -0.3 is 19.5 Å². The number of halogens is 2. The maximum absolute atomic E-state index is 14.6. The van der Waals surface area contributed by atoms with Crippen molar-refractivity contribution in [3.63, 3.8) is 0 Å². The van der Waals surface area contributed by atoms with E-state index in [1.54, 1.807) is 0 Å². The van der Waals surface area contributed by atoms with Gasteiger partial charge in [-0.2, -0.15) is 0 Å². The summed E-state index contributed by atoms with van der Waals surface area (Å²) in [5, 5.41) is 10.6. The number of nitrogens with zero attached hydrogens (tertiary/aromatic N) is 4. The molecule has 2 atom stereocenters. The molecule has 0 aliphatic carbocycles. The standard InChI is InChI=1S/C32H36Cl2N4O4/c1-3-41-26-13-14-27(28(21-26)42-4-2)31-35-29(22-5-9-24(33)10-6-22)30(23-7-11-25(34)12-8-23)38(31)32(40)37-17-15-36(16-18-37)19-20-39/h5-14,21,29-30,39H,3-4,15-20H2,1-2H3. The first-order chi connectivity index (χ1) is 20.4. The van der Waals surface area contributed by atoms with Crippen molar-refractivity contribution in [2.45, 2.75) is 25.9 Å². The Bertz CT molecular complexity index is 1390. The lowest BCUT2D eigenvalue weighted by Gasteiger charge is -2.39. The summed E-state index contributed by atoms with van der Waals surface area (Å²) in [6, 6.07) is 19.9. The van der Waals surface area contributed by atoms with E-state index < -0.39 is 12.1 Å². The van der Waals surface area contributed by atoms with Crippen LogP contribution < -0.4 is 9.47 Å². The number of hydrogen-bond donors (Lipinski definition) is 1. The molecule has 10 heteroatoms. The molecule has 0 bridgehead atoms. The van der Waals surface area contributed by atoms with Crippen LogP contribution in [0, 0.1) is 0 Å². The zero-order valence-corrected chi connectivity index (χ0v) is 25.4. The highest BCUT2D eigenvalue weighted by molar-refractivity contribution is 6.30. The number of carbonyl (C=O) groups is 1. The summed E-state index contributed by atoms with van der Waals surface area (Å²) in [6.45, 7) is 7.97. The Kier molecular flexibility index (Phi) is 9.90. The largest absolute Gasteiger partial charge is 0.494 e. The molecule has 0 aromatic heterocycles. The van der Waals surface area contributed by atoms with Gasteiger partial charge in [0.1, 0.15) is 23.4 Å². The first kappa shape index (κ1) is 30.2. The van der Waals surface area contributed by atoms with Crippen molar-refractivity contribution >= 4 is 35.1 Å².